The Morgan fingerprint density at radius 2 is 2.04 bits per heavy atom. The maximum absolute atomic E-state index is 13.4. The molecule has 5 nitrogen and oxygen atoms in total. The van der Waals surface area contributed by atoms with Gasteiger partial charge in [-0.05, 0) is 50.4 Å². The number of hydrogen-bond acceptors (Lipinski definition) is 3. The van der Waals surface area contributed by atoms with Gasteiger partial charge in [0, 0.05) is 25.7 Å². The second kappa shape index (κ2) is 12.3. The van der Waals surface area contributed by atoms with Crippen molar-refractivity contribution in [1.82, 2.24) is 15.5 Å². The van der Waals surface area contributed by atoms with Gasteiger partial charge >= 0.3 is 0 Å². The fraction of sp³-hybridized carbons (Fsp3) is 0.632. The van der Waals surface area contributed by atoms with Crippen LogP contribution in [0.15, 0.2) is 23.2 Å². The van der Waals surface area contributed by atoms with Crippen LogP contribution in [0.1, 0.15) is 45.1 Å². The van der Waals surface area contributed by atoms with Crippen molar-refractivity contribution in [2.45, 2.75) is 52.1 Å². The predicted octanol–water partition coefficient (Wildman–Crippen LogP) is 3.47. The van der Waals surface area contributed by atoms with E-state index >= 15 is 0 Å². The van der Waals surface area contributed by atoms with Crippen molar-refractivity contribution in [1.29, 1.82) is 0 Å². The number of nitrogens with zero attached hydrogens (tertiary/aromatic N) is 2. The van der Waals surface area contributed by atoms with Gasteiger partial charge in [0.15, 0.2) is 17.5 Å². The van der Waals surface area contributed by atoms with Crippen molar-refractivity contribution in [3.8, 4) is 5.75 Å². The van der Waals surface area contributed by atoms with E-state index in [0.717, 1.165) is 44.0 Å². The predicted molar refractivity (Wildman–Crippen MR) is 116 cm³/mol. The smallest absolute Gasteiger partial charge is 0.191 e. The molecule has 2 rings (SSSR count). The molecule has 26 heavy (non-hydrogen) atoms. The van der Waals surface area contributed by atoms with Crippen LogP contribution in [0.4, 0.5) is 4.39 Å². The molecule has 1 aromatic carbocycles. The first-order valence-corrected chi connectivity index (χ1v) is 9.37. The molecule has 0 bridgehead atoms. The SMILES string of the molecule is CCCCN1CCC(NC(=NCc2ccc(O)c(F)c2)NCC)CC1.I. The quantitative estimate of drug-likeness (QED) is 0.319. The summed E-state index contributed by atoms with van der Waals surface area (Å²) in [6.07, 6.45) is 4.74. The second-order valence-electron chi connectivity index (χ2n) is 6.59. The van der Waals surface area contributed by atoms with Crippen LogP contribution in [0.25, 0.3) is 0 Å². The van der Waals surface area contributed by atoms with E-state index in [-0.39, 0.29) is 29.7 Å². The minimum Gasteiger partial charge on any atom is -0.505 e. The molecule has 1 heterocycles. The van der Waals surface area contributed by atoms with E-state index in [0.29, 0.717) is 12.6 Å². The number of unbranched alkanes of at least 4 members (excludes halogenated alkanes) is 1. The van der Waals surface area contributed by atoms with Crippen LogP contribution in [-0.4, -0.2) is 48.2 Å². The molecule has 0 spiro atoms. The van der Waals surface area contributed by atoms with Crippen LogP contribution in [-0.2, 0) is 6.54 Å². The molecule has 1 aliphatic rings. The number of nitrogens with one attached hydrogen (secondary N) is 2. The number of phenols is 1. The highest BCUT2D eigenvalue weighted by Gasteiger charge is 2.19. The lowest BCUT2D eigenvalue weighted by Crippen LogP contribution is -2.48. The zero-order chi connectivity index (χ0) is 18.1. The highest BCUT2D eigenvalue weighted by Crippen LogP contribution is 2.16. The van der Waals surface area contributed by atoms with Gasteiger partial charge in [0.25, 0.3) is 0 Å². The first kappa shape index (κ1) is 23.0. The number of phenolic OH excluding ortho intramolecular Hbond substituents is 1. The standard InChI is InChI=1S/C19H31FN4O.HI/c1-3-5-10-24-11-8-16(9-12-24)23-19(21-4-2)22-14-15-6-7-18(25)17(20)13-15;/h6-7,13,16,25H,3-5,8-12,14H2,1-2H3,(H2,21,22,23);1H. The van der Waals surface area contributed by atoms with Gasteiger partial charge in [-0.3, -0.25) is 0 Å². The minimum absolute atomic E-state index is 0. The Balaban J connectivity index is 0.00000338. The van der Waals surface area contributed by atoms with Gasteiger partial charge in [-0.25, -0.2) is 9.38 Å². The molecular formula is C19H32FIN4O. The number of likely N-dealkylation sites (tertiary alicyclic amines) is 1. The fourth-order valence-electron chi connectivity index (χ4n) is 3.02. The molecule has 0 radical (unpaired) electrons. The van der Waals surface area contributed by atoms with E-state index in [4.69, 9.17) is 0 Å². The van der Waals surface area contributed by atoms with Crippen LogP contribution < -0.4 is 10.6 Å². The zero-order valence-electron chi connectivity index (χ0n) is 15.8. The van der Waals surface area contributed by atoms with Crippen LogP contribution in [0.3, 0.4) is 0 Å². The van der Waals surface area contributed by atoms with Crippen LogP contribution in [0, 0.1) is 5.82 Å². The highest BCUT2D eigenvalue weighted by atomic mass is 127. The Morgan fingerprint density at radius 1 is 1.31 bits per heavy atom. The maximum atomic E-state index is 13.4. The van der Waals surface area contributed by atoms with E-state index in [2.05, 4.69) is 27.4 Å². The van der Waals surface area contributed by atoms with E-state index < -0.39 is 5.82 Å². The monoisotopic (exact) mass is 478 g/mol. The summed E-state index contributed by atoms with van der Waals surface area (Å²) in [4.78, 5) is 7.08. The molecule has 0 amide bonds. The third-order valence-corrected chi connectivity index (χ3v) is 4.53. The van der Waals surface area contributed by atoms with Gasteiger partial charge in [0.05, 0.1) is 6.54 Å². The van der Waals surface area contributed by atoms with Crippen LogP contribution >= 0.6 is 24.0 Å². The Bertz CT molecular complexity index is 562. The Labute approximate surface area is 173 Å². The minimum atomic E-state index is -0.606. The number of piperidine rings is 1. The normalized spacial score (nSPS) is 16.2. The van der Waals surface area contributed by atoms with Crippen LogP contribution in [0.5, 0.6) is 5.75 Å². The van der Waals surface area contributed by atoms with E-state index in [1.54, 1.807) is 6.07 Å². The molecule has 0 aliphatic carbocycles. The van der Waals surface area contributed by atoms with E-state index in [1.807, 2.05) is 6.92 Å². The molecule has 148 valence electrons. The van der Waals surface area contributed by atoms with Crippen molar-refractivity contribution >= 4 is 29.9 Å². The van der Waals surface area contributed by atoms with Crippen molar-refractivity contribution in [2.24, 2.45) is 4.99 Å². The molecule has 0 saturated carbocycles. The van der Waals surface area contributed by atoms with Gasteiger partial charge in [0.1, 0.15) is 0 Å². The van der Waals surface area contributed by atoms with Gasteiger partial charge < -0.3 is 20.6 Å². The molecule has 0 atom stereocenters. The number of benzene rings is 1. The molecular weight excluding hydrogens is 446 g/mol. The lowest BCUT2D eigenvalue weighted by molar-refractivity contribution is 0.203. The topological polar surface area (TPSA) is 59.9 Å². The summed E-state index contributed by atoms with van der Waals surface area (Å²) >= 11 is 0. The summed E-state index contributed by atoms with van der Waals surface area (Å²) in [6, 6.07) is 4.81. The summed E-state index contributed by atoms with van der Waals surface area (Å²) < 4.78 is 13.4. The van der Waals surface area contributed by atoms with E-state index in [1.165, 1.54) is 31.5 Å². The molecule has 3 N–H and O–H groups in total. The number of halogens is 2. The number of guanidine groups is 1. The highest BCUT2D eigenvalue weighted by molar-refractivity contribution is 14.0. The number of rotatable bonds is 7. The Kier molecular flexibility index (Phi) is 10.9. The van der Waals surface area contributed by atoms with Gasteiger partial charge in [-0.2, -0.15) is 0 Å². The third kappa shape index (κ3) is 7.65. The maximum Gasteiger partial charge on any atom is 0.191 e. The number of aliphatic imine (C=N–C) groups is 1. The van der Waals surface area contributed by atoms with Crippen molar-refractivity contribution in [3.63, 3.8) is 0 Å². The van der Waals surface area contributed by atoms with E-state index in [9.17, 15) is 9.50 Å². The molecule has 7 heteroatoms. The van der Waals surface area contributed by atoms with Crippen molar-refractivity contribution in [3.05, 3.63) is 29.6 Å². The molecule has 0 aromatic heterocycles. The molecule has 0 unspecified atom stereocenters. The largest absolute Gasteiger partial charge is 0.505 e. The lowest BCUT2D eigenvalue weighted by atomic mass is 10.0. The average molecular weight is 478 g/mol. The first-order chi connectivity index (χ1) is 12.1. The molecule has 1 saturated heterocycles. The summed E-state index contributed by atoms with van der Waals surface area (Å²) in [5, 5.41) is 16.0. The Hall–Kier alpha value is -1.09. The summed E-state index contributed by atoms with van der Waals surface area (Å²) in [7, 11) is 0. The van der Waals surface area contributed by atoms with Gasteiger partial charge in [-0.1, -0.05) is 19.4 Å². The lowest BCUT2D eigenvalue weighted by Gasteiger charge is -2.33. The van der Waals surface area contributed by atoms with Gasteiger partial charge in [0.2, 0.25) is 0 Å². The third-order valence-electron chi connectivity index (χ3n) is 4.53. The Morgan fingerprint density at radius 3 is 2.65 bits per heavy atom. The molecule has 1 aromatic rings. The first-order valence-electron chi connectivity index (χ1n) is 9.37. The van der Waals surface area contributed by atoms with Crippen molar-refractivity contribution < 1.29 is 9.50 Å². The van der Waals surface area contributed by atoms with Gasteiger partial charge in [-0.15, -0.1) is 24.0 Å². The number of hydrogen-bond donors (Lipinski definition) is 3. The number of aromatic hydroxyl groups is 1. The van der Waals surface area contributed by atoms with Crippen molar-refractivity contribution in [2.75, 3.05) is 26.2 Å². The summed E-state index contributed by atoms with van der Waals surface area (Å²) in [5.74, 6) is -0.166. The van der Waals surface area contributed by atoms with Crippen LogP contribution in [0.2, 0.25) is 0 Å². The zero-order valence-corrected chi connectivity index (χ0v) is 18.1. The fourth-order valence-corrected chi connectivity index (χ4v) is 3.02. The summed E-state index contributed by atoms with van der Waals surface area (Å²) in [6.45, 7) is 8.87. The molecule has 1 fully saturated rings. The average Bonchev–Trinajstić information content (AvgIpc) is 2.62. The second-order valence-corrected chi connectivity index (χ2v) is 6.59. The molecule has 1 aliphatic heterocycles. The summed E-state index contributed by atoms with van der Waals surface area (Å²) in [5.41, 5.74) is 0.738.